The van der Waals surface area contributed by atoms with E-state index in [0.29, 0.717) is 6.04 Å². The highest BCUT2D eigenvalue weighted by Gasteiger charge is 2.40. The molecule has 0 saturated carbocycles. The van der Waals surface area contributed by atoms with Crippen molar-refractivity contribution in [3.63, 3.8) is 0 Å². The van der Waals surface area contributed by atoms with E-state index in [-0.39, 0.29) is 29.5 Å². The lowest BCUT2D eigenvalue weighted by Gasteiger charge is -2.43. The molecule has 5 nitrogen and oxygen atoms in total. The van der Waals surface area contributed by atoms with Crippen molar-refractivity contribution >= 4 is 41.7 Å². The molecule has 23 heavy (non-hydrogen) atoms. The number of guanidine groups is 1. The predicted molar refractivity (Wildman–Crippen MR) is 109 cm³/mol. The van der Waals surface area contributed by atoms with Crippen molar-refractivity contribution in [2.75, 3.05) is 51.4 Å². The first-order valence-electron chi connectivity index (χ1n) is 8.35. The fraction of sp³-hybridized carbons (Fsp3) is 0.812. The fourth-order valence-electron chi connectivity index (χ4n) is 3.51. The summed E-state index contributed by atoms with van der Waals surface area (Å²) in [6, 6.07) is 0.503. The molecule has 132 valence electrons. The molecule has 2 N–H and O–H groups in total. The van der Waals surface area contributed by atoms with Gasteiger partial charge in [0, 0.05) is 44.0 Å². The van der Waals surface area contributed by atoms with E-state index in [0.717, 1.165) is 51.6 Å². The Balaban J connectivity index is 0.00000192. The second-order valence-electron chi connectivity index (χ2n) is 6.34. The van der Waals surface area contributed by atoms with Crippen LogP contribution in [0.25, 0.3) is 0 Å². The minimum Gasteiger partial charge on any atom is -0.379 e. The molecule has 2 saturated heterocycles. The molecule has 1 aliphatic carbocycles. The first kappa shape index (κ1) is 19.3. The molecule has 0 aromatic carbocycles. The molecular weight excluding hydrogens is 423 g/mol. The highest BCUT2D eigenvalue weighted by molar-refractivity contribution is 14.0. The third-order valence-corrected chi connectivity index (χ3v) is 6.16. The largest absolute Gasteiger partial charge is 0.379 e. The Morgan fingerprint density at radius 2 is 2.09 bits per heavy atom. The summed E-state index contributed by atoms with van der Waals surface area (Å²) in [7, 11) is 1.86. The summed E-state index contributed by atoms with van der Waals surface area (Å²) < 4.78 is 5.53. The molecule has 7 heteroatoms. The SMILES string of the molecule is CN=C(NCC1(N2CCOCC2)CCSC1)NC1CC=CC1.I. The Morgan fingerprint density at radius 3 is 2.70 bits per heavy atom. The van der Waals surface area contributed by atoms with Gasteiger partial charge in [0.25, 0.3) is 0 Å². The van der Waals surface area contributed by atoms with E-state index in [2.05, 4.69) is 44.4 Å². The van der Waals surface area contributed by atoms with Crippen LogP contribution in [0.5, 0.6) is 0 Å². The number of halogens is 1. The van der Waals surface area contributed by atoms with Gasteiger partial charge in [0.05, 0.1) is 13.2 Å². The van der Waals surface area contributed by atoms with Crippen LogP contribution >= 0.6 is 35.7 Å². The molecule has 3 aliphatic rings. The Kier molecular flexibility index (Phi) is 7.97. The Bertz CT molecular complexity index is 412. The van der Waals surface area contributed by atoms with E-state index in [9.17, 15) is 0 Å². The number of aliphatic imine (C=N–C) groups is 1. The standard InChI is InChI=1S/C16H28N4OS.HI/c1-17-15(19-14-4-2-3-5-14)18-12-16(6-11-22-13-16)20-7-9-21-10-8-20;/h2-3,14H,4-13H2,1H3,(H2,17,18,19);1H. The van der Waals surface area contributed by atoms with Gasteiger partial charge in [-0.15, -0.1) is 24.0 Å². The van der Waals surface area contributed by atoms with Gasteiger partial charge < -0.3 is 15.4 Å². The molecule has 3 rings (SSSR count). The second-order valence-corrected chi connectivity index (χ2v) is 7.44. The molecule has 1 unspecified atom stereocenters. The van der Waals surface area contributed by atoms with E-state index in [1.54, 1.807) is 0 Å². The molecule has 0 aromatic rings. The zero-order chi connectivity index (χ0) is 15.3. The molecule has 0 bridgehead atoms. The van der Waals surface area contributed by atoms with E-state index in [1.165, 1.54) is 17.9 Å². The van der Waals surface area contributed by atoms with Gasteiger partial charge in [-0.2, -0.15) is 11.8 Å². The van der Waals surface area contributed by atoms with Crippen LogP contribution in [0, 0.1) is 0 Å². The summed E-state index contributed by atoms with van der Waals surface area (Å²) in [6.45, 7) is 4.82. The maximum Gasteiger partial charge on any atom is 0.191 e. The lowest BCUT2D eigenvalue weighted by molar-refractivity contribution is -0.0120. The number of hydrogen-bond donors (Lipinski definition) is 2. The van der Waals surface area contributed by atoms with Gasteiger partial charge in [0.2, 0.25) is 0 Å². The average molecular weight is 452 g/mol. The zero-order valence-corrected chi connectivity index (χ0v) is 17.1. The molecule has 0 spiro atoms. The Morgan fingerprint density at radius 1 is 1.35 bits per heavy atom. The van der Waals surface area contributed by atoms with Gasteiger partial charge in [-0.05, 0) is 25.0 Å². The van der Waals surface area contributed by atoms with Crippen molar-refractivity contribution in [3.05, 3.63) is 12.2 Å². The van der Waals surface area contributed by atoms with Gasteiger partial charge in [-0.3, -0.25) is 9.89 Å². The summed E-state index contributed by atoms with van der Waals surface area (Å²) in [5, 5.41) is 7.13. The number of ether oxygens (including phenoxy) is 1. The fourth-order valence-corrected chi connectivity index (χ4v) is 4.98. The Labute approximate surface area is 161 Å². The monoisotopic (exact) mass is 452 g/mol. The van der Waals surface area contributed by atoms with Crippen molar-refractivity contribution in [2.45, 2.75) is 30.8 Å². The van der Waals surface area contributed by atoms with Crippen LogP contribution in [0.2, 0.25) is 0 Å². The number of rotatable bonds is 4. The van der Waals surface area contributed by atoms with Gasteiger partial charge in [0.15, 0.2) is 5.96 Å². The normalized spacial score (nSPS) is 29.5. The molecule has 2 fully saturated rings. The quantitative estimate of drug-likeness (QED) is 0.294. The molecule has 1 atom stereocenters. The predicted octanol–water partition coefficient (Wildman–Crippen LogP) is 1.70. The van der Waals surface area contributed by atoms with Gasteiger partial charge in [0.1, 0.15) is 0 Å². The van der Waals surface area contributed by atoms with E-state index in [1.807, 2.05) is 7.05 Å². The number of hydrogen-bond acceptors (Lipinski definition) is 4. The van der Waals surface area contributed by atoms with Crippen molar-refractivity contribution in [3.8, 4) is 0 Å². The zero-order valence-electron chi connectivity index (χ0n) is 13.9. The topological polar surface area (TPSA) is 48.9 Å². The van der Waals surface area contributed by atoms with Gasteiger partial charge in [-0.25, -0.2) is 0 Å². The third kappa shape index (κ3) is 4.99. The summed E-state index contributed by atoms with van der Waals surface area (Å²) >= 11 is 2.07. The summed E-state index contributed by atoms with van der Waals surface area (Å²) in [5.41, 5.74) is 0.264. The van der Waals surface area contributed by atoms with E-state index in [4.69, 9.17) is 4.74 Å². The van der Waals surface area contributed by atoms with Crippen LogP contribution in [-0.2, 0) is 4.74 Å². The number of nitrogens with zero attached hydrogens (tertiary/aromatic N) is 2. The smallest absolute Gasteiger partial charge is 0.191 e. The lowest BCUT2D eigenvalue weighted by atomic mass is 9.95. The van der Waals surface area contributed by atoms with Crippen LogP contribution in [0.1, 0.15) is 19.3 Å². The number of morpholine rings is 1. The third-order valence-electron chi connectivity index (χ3n) is 4.92. The van der Waals surface area contributed by atoms with Crippen LogP contribution in [0.4, 0.5) is 0 Å². The Hall–Kier alpha value is 0.01000. The molecular formula is C16H29IN4OS. The molecule has 0 radical (unpaired) electrons. The molecule has 2 heterocycles. The van der Waals surface area contributed by atoms with Crippen LogP contribution < -0.4 is 10.6 Å². The minimum atomic E-state index is 0. The molecule has 0 aromatic heterocycles. The number of thioether (sulfide) groups is 1. The van der Waals surface area contributed by atoms with Crippen molar-refractivity contribution in [2.24, 2.45) is 4.99 Å². The summed E-state index contributed by atoms with van der Waals surface area (Å²) in [6.07, 6.45) is 7.95. The molecule has 0 amide bonds. The van der Waals surface area contributed by atoms with Crippen LogP contribution in [0.15, 0.2) is 17.1 Å². The van der Waals surface area contributed by atoms with Crippen molar-refractivity contribution < 1.29 is 4.74 Å². The summed E-state index contributed by atoms with van der Waals surface area (Å²) in [4.78, 5) is 7.04. The highest BCUT2D eigenvalue weighted by atomic mass is 127. The van der Waals surface area contributed by atoms with Crippen molar-refractivity contribution in [1.29, 1.82) is 0 Å². The first-order valence-corrected chi connectivity index (χ1v) is 9.51. The number of nitrogens with one attached hydrogen (secondary N) is 2. The lowest BCUT2D eigenvalue weighted by Crippen LogP contribution is -2.60. The highest BCUT2D eigenvalue weighted by Crippen LogP contribution is 2.33. The first-order chi connectivity index (χ1) is 10.8. The van der Waals surface area contributed by atoms with E-state index >= 15 is 0 Å². The summed E-state index contributed by atoms with van der Waals surface area (Å²) in [5.74, 6) is 3.41. The second kappa shape index (κ2) is 9.48. The van der Waals surface area contributed by atoms with Gasteiger partial charge in [-0.1, -0.05) is 12.2 Å². The van der Waals surface area contributed by atoms with Crippen LogP contribution in [0.3, 0.4) is 0 Å². The maximum atomic E-state index is 5.53. The van der Waals surface area contributed by atoms with Crippen LogP contribution in [-0.4, -0.2) is 73.8 Å². The van der Waals surface area contributed by atoms with Crippen molar-refractivity contribution in [1.82, 2.24) is 15.5 Å². The minimum absolute atomic E-state index is 0. The maximum absolute atomic E-state index is 5.53. The van der Waals surface area contributed by atoms with Gasteiger partial charge >= 0.3 is 0 Å². The molecule has 2 aliphatic heterocycles. The average Bonchev–Trinajstić information content (AvgIpc) is 3.25. The van der Waals surface area contributed by atoms with E-state index < -0.39 is 0 Å².